The molecular formula is C14H20N2O3. The van der Waals surface area contributed by atoms with Crippen molar-refractivity contribution in [1.29, 1.82) is 0 Å². The molecule has 0 aromatic heterocycles. The fourth-order valence-corrected chi connectivity index (χ4v) is 2.44. The summed E-state index contributed by atoms with van der Waals surface area (Å²) in [4.78, 5) is 12.6. The zero-order valence-electron chi connectivity index (χ0n) is 11.5. The van der Waals surface area contributed by atoms with Crippen LogP contribution >= 0.6 is 0 Å². The molecule has 5 heteroatoms. The largest absolute Gasteiger partial charge is 0.376 e. The van der Waals surface area contributed by atoms with E-state index in [0.29, 0.717) is 5.56 Å². The highest BCUT2D eigenvalue weighted by molar-refractivity contribution is 5.54. The van der Waals surface area contributed by atoms with Gasteiger partial charge in [-0.25, -0.2) is 0 Å². The number of nitrogens with zero attached hydrogens (tertiary/aromatic N) is 2. The van der Waals surface area contributed by atoms with Crippen LogP contribution in [0.3, 0.4) is 0 Å². The van der Waals surface area contributed by atoms with Crippen molar-refractivity contribution in [2.24, 2.45) is 0 Å². The Morgan fingerprint density at radius 2 is 2.26 bits per heavy atom. The van der Waals surface area contributed by atoms with Crippen molar-refractivity contribution in [3.8, 4) is 0 Å². The molecule has 1 fully saturated rings. The van der Waals surface area contributed by atoms with Crippen molar-refractivity contribution in [2.75, 3.05) is 25.1 Å². The maximum absolute atomic E-state index is 10.8. The van der Waals surface area contributed by atoms with Gasteiger partial charge in [0.2, 0.25) is 0 Å². The molecule has 0 N–H and O–H groups in total. The lowest BCUT2D eigenvalue weighted by Gasteiger charge is -2.28. The zero-order valence-corrected chi connectivity index (χ0v) is 11.5. The Morgan fingerprint density at radius 3 is 2.84 bits per heavy atom. The highest BCUT2D eigenvalue weighted by Crippen LogP contribution is 2.24. The van der Waals surface area contributed by atoms with Crippen LogP contribution in [-0.4, -0.2) is 31.2 Å². The van der Waals surface area contributed by atoms with E-state index >= 15 is 0 Å². The van der Waals surface area contributed by atoms with Crippen LogP contribution in [0.5, 0.6) is 0 Å². The lowest BCUT2D eigenvalue weighted by Crippen LogP contribution is -2.33. The van der Waals surface area contributed by atoms with E-state index < -0.39 is 0 Å². The van der Waals surface area contributed by atoms with Gasteiger partial charge in [-0.1, -0.05) is 0 Å². The highest BCUT2D eigenvalue weighted by atomic mass is 16.6. The summed E-state index contributed by atoms with van der Waals surface area (Å²) in [6, 6.07) is 5.23. The summed E-state index contributed by atoms with van der Waals surface area (Å²) in [5.74, 6) is 0. The summed E-state index contributed by atoms with van der Waals surface area (Å²) >= 11 is 0. The standard InChI is InChI=1S/C14H20N2O3/c1-11-9-12(6-7-14(11)16(17)18)15(2)10-13-5-3-4-8-19-13/h6-7,9,13H,3-5,8,10H2,1-2H3. The van der Waals surface area contributed by atoms with Gasteiger partial charge < -0.3 is 9.64 Å². The van der Waals surface area contributed by atoms with Crippen molar-refractivity contribution < 1.29 is 9.66 Å². The van der Waals surface area contributed by atoms with Crippen molar-refractivity contribution in [3.05, 3.63) is 33.9 Å². The van der Waals surface area contributed by atoms with Crippen molar-refractivity contribution in [1.82, 2.24) is 0 Å². The summed E-state index contributed by atoms with van der Waals surface area (Å²) in [6.45, 7) is 3.45. The van der Waals surface area contributed by atoms with Crippen LogP contribution < -0.4 is 4.90 Å². The van der Waals surface area contributed by atoms with E-state index in [0.717, 1.165) is 31.7 Å². The minimum Gasteiger partial charge on any atom is -0.376 e. The first-order chi connectivity index (χ1) is 9.08. The van der Waals surface area contributed by atoms with Gasteiger partial charge in [-0.2, -0.15) is 0 Å². The monoisotopic (exact) mass is 264 g/mol. The summed E-state index contributed by atoms with van der Waals surface area (Å²) in [6.07, 6.45) is 3.74. The van der Waals surface area contributed by atoms with Crippen molar-refractivity contribution in [3.63, 3.8) is 0 Å². The molecule has 1 aliphatic rings. The van der Waals surface area contributed by atoms with Gasteiger partial charge in [0.25, 0.3) is 5.69 Å². The lowest BCUT2D eigenvalue weighted by molar-refractivity contribution is -0.385. The fraction of sp³-hybridized carbons (Fsp3) is 0.571. The van der Waals surface area contributed by atoms with E-state index in [2.05, 4.69) is 4.90 Å². The molecule has 0 amide bonds. The molecule has 1 aromatic carbocycles. The second-order valence-corrected chi connectivity index (χ2v) is 5.10. The topological polar surface area (TPSA) is 55.6 Å². The third-order valence-corrected chi connectivity index (χ3v) is 3.57. The molecule has 104 valence electrons. The summed E-state index contributed by atoms with van der Waals surface area (Å²) < 4.78 is 5.71. The molecule has 2 rings (SSSR count). The lowest BCUT2D eigenvalue weighted by atomic mass is 10.1. The van der Waals surface area contributed by atoms with Crippen LogP contribution in [0.25, 0.3) is 0 Å². The summed E-state index contributed by atoms with van der Waals surface area (Å²) in [7, 11) is 2.00. The molecule has 1 atom stereocenters. The molecule has 1 heterocycles. The summed E-state index contributed by atoms with van der Waals surface area (Å²) in [5, 5.41) is 10.8. The number of nitro groups is 1. The minimum absolute atomic E-state index is 0.172. The van der Waals surface area contributed by atoms with Crippen LogP contribution in [-0.2, 0) is 4.74 Å². The predicted molar refractivity (Wildman–Crippen MR) is 74.7 cm³/mol. The molecule has 19 heavy (non-hydrogen) atoms. The van der Waals surface area contributed by atoms with Crippen LogP contribution in [0.4, 0.5) is 11.4 Å². The van der Waals surface area contributed by atoms with Crippen LogP contribution in [0.15, 0.2) is 18.2 Å². The number of benzene rings is 1. The van der Waals surface area contributed by atoms with Gasteiger partial charge in [0.05, 0.1) is 11.0 Å². The molecule has 1 saturated heterocycles. The van der Waals surface area contributed by atoms with E-state index in [9.17, 15) is 10.1 Å². The number of hydrogen-bond acceptors (Lipinski definition) is 4. The number of ether oxygens (including phenoxy) is 1. The van der Waals surface area contributed by atoms with E-state index in [4.69, 9.17) is 4.74 Å². The molecule has 0 spiro atoms. The van der Waals surface area contributed by atoms with Gasteiger partial charge in [0.15, 0.2) is 0 Å². The Bertz CT molecular complexity index is 456. The van der Waals surface area contributed by atoms with Gasteiger partial charge in [-0.3, -0.25) is 10.1 Å². The van der Waals surface area contributed by atoms with Crippen LogP contribution in [0, 0.1) is 17.0 Å². The molecule has 0 bridgehead atoms. The average molecular weight is 264 g/mol. The Balaban J connectivity index is 2.04. The maximum Gasteiger partial charge on any atom is 0.272 e. The van der Waals surface area contributed by atoms with Crippen LogP contribution in [0.1, 0.15) is 24.8 Å². The van der Waals surface area contributed by atoms with Gasteiger partial charge in [-0.05, 0) is 38.3 Å². The second-order valence-electron chi connectivity index (χ2n) is 5.10. The van der Waals surface area contributed by atoms with Crippen molar-refractivity contribution in [2.45, 2.75) is 32.3 Å². The summed E-state index contributed by atoms with van der Waals surface area (Å²) in [5.41, 5.74) is 1.86. The maximum atomic E-state index is 10.8. The first kappa shape index (κ1) is 13.8. The van der Waals surface area contributed by atoms with E-state index in [1.54, 1.807) is 19.1 Å². The molecule has 1 unspecified atom stereocenters. The Hall–Kier alpha value is -1.62. The number of likely N-dealkylation sites (N-methyl/N-ethyl adjacent to an activating group) is 1. The van der Waals surface area contributed by atoms with E-state index in [1.807, 2.05) is 13.1 Å². The highest BCUT2D eigenvalue weighted by Gasteiger charge is 2.17. The molecule has 1 aliphatic heterocycles. The Morgan fingerprint density at radius 1 is 1.47 bits per heavy atom. The number of rotatable bonds is 4. The van der Waals surface area contributed by atoms with Gasteiger partial charge in [0, 0.05) is 37.5 Å². The first-order valence-corrected chi connectivity index (χ1v) is 6.65. The second kappa shape index (κ2) is 6.02. The fourth-order valence-electron chi connectivity index (χ4n) is 2.44. The predicted octanol–water partition coefficient (Wildman–Crippen LogP) is 2.91. The van der Waals surface area contributed by atoms with Gasteiger partial charge in [-0.15, -0.1) is 0 Å². The Kier molecular flexibility index (Phi) is 4.37. The SMILES string of the molecule is Cc1cc(N(C)CC2CCCCO2)ccc1[N+](=O)[O-]. The molecule has 0 aliphatic carbocycles. The number of aryl methyl sites for hydroxylation is 1. The number of anilines is 1. The van der Waals surface area contributed by atoms with Gasteiger partial charge >= 0.3 is 0 Å². The van der Waals surface area contributed by atoms with Crippen LogP contribution in [0.2, 0.25) is 0 Å². The number of hydrogen-bond donors (Lipinski definition) is 0. The van der Waals surface area contributed by atoms with E-state index in [1.165, 1.54) is 6.42 Å². The Labute approximate surface area is 113 Å². The van der Waals surface area contributed by atoms with Gasteiger partial charge in [0.1, 0.15) is 0 Å². The molecule has 0 radical (unpaired) electrons. The third-order valence-electron chi connectivity index (χ3n) is 3.57. The molecule has 1 aromatic rings. The van der Waals surface area contributed by atoms with E-state index in [-0.39, 0.29) is 16.7 Å². The molecule has 0 saturated carbocycles. The molecular weight excluding hydrogens is 244 g/mol. The normalized spacial score (nSPS) is 19.2. The quantitative estimate of drug-likeness (QED) is 0.619. The molecule has 5 nitrogen and oxygen atoms in total. The third kappa shape index (κ3) is 3.44. The number of nitro benzene ring substituents is 1. The first-order valence-electron chi connectivity index (χ1n) is 6.65. The zero-order chi connectivity index (χ0) is 13.8. The average Bonchev–Trinajstić information content (AvgIpc) is 2.39. The van der Waals surface area contributed by atoms with Crippen molar-refractivity contribution >= 4 is 11.4 Å². The smallest absolute Gasteiger partial charge is 0.272 e. The minimum atomic E-state index is -0.344.